The monoisotopic (exact) mass is 242 g/mol. The number of rotatable bonds is 6. The van der Waals surface area contributed by atoms with E-state index in [1.165, 1.54) is 0 Å². The molecule has 2 unspecified atom stereocenters. The van der Waals surface area contributed by atoms with E-state index in [4.69, 9.17) is 4.74 Å². The Hall–Kier alpha value is -0.770. The summed E-state index contributed by atoms with van der Waals surface area (Å²) >= 11 is 0. The van der Waals surface area contributed by atoms with Crippen molar-refractivity contribution in [1.29, 1.82) is 0 Å². The van der Waals surface area contributed by atoms with Crippen molar-refractivity contribution >= 4 is 6.03 Å². The van der Waals surface area contributed by atoms with Gasteiger partial charge in [0.05, 0.1) is 6.10 Å². The molecule has 4 nitrogen and oxygen atoms in total. The van der Waals surface area contributed by atoms with Gasteiger partial charge in [-0.25, -0.2) is 4.79 Å². The molecule has 0 heterocycles. The predicted octanol–water partition coefficient (Wildman–Crippen LogP) is 2.29. The fourth-order valence-electron chi connectivity index (χ4n) is 2.20. The van der Waals surface area contributed by atoms with E-state index in [1.54, 1.807) is 0 Å². The molecule has 0 aromatic rings. The number of carbonyl (C=O) groups is 1. The van der Waals surface area contributed by atoms with Crippen LogP contribution in [0.5, 0.6) is 0 Å². The van der Waals surface area contributed by atoms with Crippen LogP contribution in [0.2, 0.25) is 0 Å². The molecular formula is C13H26N2O2. The first-order chi connectivity index (χ1) is 8.02. The summed E-state index contributed by atoms with van der Waals surface area (Å²) in [5.74, 6) is 0. The third-order valence-electron chi connectivity index (χ3n) is 3.67. The third kappa shape index (κ3) is 3.60. The molecule has 0 spiro atoms. The summed E-state index contributed by atoms with van der Waals surface area (Å²) in [7, 11) is 0. The summed E-state index contributed by atoms with van der Waals surface area (Å²) in [6.45, 7) is 9.91. The van der Waals surface area contributed by atoms with E-state index in [1.807, 2.05) is 6.92 Å². The molecule has 1 fully saturated rings. The fraction of sp³-hybridized carbons (Fsp3) is 0.923. The van der Waals surface area contributed by atoms with E-state index in [-0.39, 0.29) is 23.6 Å². The van der Waals surface area contributed by atoms with Gasteiger partial charge in [-0.2, -0.15) is 0 Å². The molecule has 2 amide bonds. The number of hydrogen-bond donors (Lipinski definition) is 2. The van der Waals surface area contributed by atoms with Crippen molar-refractivity contribution in [2.75, 3.05) is 13.2 Å². The highest BCUT2D eigenvalue weighted by molar-refractivity contribution is 5.74. The summed E-state index contributed by atoms with van der Waals surface area (Å²) in [6.07, 6.45) is 3.32. The average Bonchev–Trinajstić information content (AvgIpc) is 2.28. The van der Waals surface area contributed by atoms with Gasteiger partial charge in [-0.15, -0.1) is 0 Å². The topological polar surface area (TPSA) is 50.4 Å². The van der Waals surface area contributed by atoms with E-state index in [9.17, 15) is 4.79 Å². The Balaban J connectivity index is 2.27. The van der Waals surface area contributed by atoms with Crippen molar-refractivity contribution in [2.24, 2.45) is 5.41 Å². The number of amides is 2. The minimum Gasteiger partial charge on any atom is -0.378 e. The SMILES string of the molecule is CCCCNC(=O)NC1CC(OCC)C1(C)C. The summed E-state index contributed by atoms with van der Waals surface area (Å²) < 4.78 is 5.63. The molecule has 1 saturated carbocycles. The summed E-state index contributed by atoms with van der Waals surface area (Å²) in [5.41, 5.74) is 0.0398. The van der Waals surface area contributed by atoms with Gasteiger partial charge >= 0.3 is 6.03 Å². The molecule has 0 aromatic heterocycles. The van der Waals surface area contributed by atoms with Crippen LogP contribution in [0.4, 0.5) is 4.79 Å². The Labute approximate surface area is 104 Å². The first-order valence-electron chi connectivity index (χ1n) is 6.68. The van der Waals surface area contributed by atoms with Crippen LogP contribution in [0, 0.1) is 5.41 Å². The average molecular weight is 242 g/mol. The van der Waals surface area contributed by atoms with Crippen LogP contribution in [-0.2, 0) is 4.74 Å². The van der Waals surface area contributed by atoms with Crippen LogP contribution in [0.25, 0.3) is 0 Å². The van der Waals surface area contributed by atoms with Gasteiger partial charge in [-0.05, 0) is 19.8 Å². The number of ether oxygens (including phenoxy) is 1. The van der Waals surface area contributed by atoms with Gasteiger partial charge in [0.1, 0.15) is 0 Å². The number of hydrogen-bond acceptors (Lipinski definition) is 2. The van der Waals surface area contributed by atoms with Gasteiger partial charge in [-0.1, -0.05) is 27.2 Å². The van der Waals surface area contributed by atoms with Crippen molar-refractivity contribution in [2.45, 2.75) is 59.1 Å². The quantitative estimate of drug-likeness (QED) is 0.702. The van der Waals surface area contributed by atoms with E-state index in [0.29, 0.717) is 0 Å². The standard InChI is InChI=1S/C13H26N2O2/c1-5-7-8-14-12(16)15-10-9-11(17-6-2)13(10,3)4/h10-11H,5-9H2,1-4H3,(H2,14,15,16). The van der Waals surface area contributed by atoms with E-state index < -0.39 is 0 Å². The molecule has 0 radical (unpaired) electrons. The molecule has 1 aliphatic carbocycles. The van der Waals surface area contributed by atoms with Crippen molar-refractivity contribution < 1.29 is 9.53 Å². The second kappa shape index (κ2) is 6.24. The highest BCUT2D eigenvalue weighted by Crippen LogP contribution is 2.42. The third-order valence-corrected chi connectivity index (χ3v) is 3.67. The Bertz CT molecular complexity index is 254. The van der Waals surface area contributed by atoms with Crippen LogP contribution in [0.1, 0.15) is 47.0 Å². The number of carbonyl (C=O) groups excluding carboxylic acids is 1. The van der Waals surface area contributed by atoms with Crippen LogP contribution >= 0.6 is 0 Å². The first-order valence-corrected chi connectivity index (χ1v) is 6.68. The smallest absolute Gasteiger partial charge is 0.315 e. The van der Waals surface area contributed by atoms with Gasteiger partial charge in [0.25, 0.3) is 0 Å². The van der Waals surface area contributed by atoms with Crippen molar-refractivity contribution in [3.05, 3.63) is 0 Å². The lowest BCUT2D eigenvalue weighted by molar-refractivity contribution is -0.110. The van der Waals surface area contributed by atoms with E-state index in [0.717, 1.165) is 32.4 Å². The zero-order chi connectivity index (χ0) is 12.9. The number of nitrogens with one attached hydrogen (secondary N) is 2. The Kier molecular flexibility index (Phi) is 5.25. The molecule has 2 N–H and O–H groups in total. The zero-order valence-electron chi connectivity index (χ0n) is 11.5. The van der Waals surface area contributed by atoms with E-state index >= 15 is 0 Å². The molecule has 0 bridgehead atoms. The molecule has 2 atom stereocenters. The normalized spacial score (nSPS) is 26.1. The summed E-state index contributed by atoms with van der Waals surface area (Å²) in [5, 5.41) is 5.90. The van der Waals surface area contributed by atoms with Gasteiger partial charge in [-0.3, -0.25) is 0 Å². The highest BCUT2D eigenvalue weighted by atomic mass is 16.5. The molecule has 17 heavy (non-hydrogen) atoms. The molecule has 0 saturated heterocycles. The van der Waals surface area contributed by atoms with Crippen molar-refractivity contribution in [3.8, 4) is 0 Å². The number of urea groups is 1. The highest BCUT2D eigenvalue weighted by Gasteiger charge is 2.49. The molecular weight excluding hydrogens is 216 g/mol. The number of unbranched alkanes of at least 4 members (excludes halogenated alkanes) is 1. The second-order valence-corrected chi connectivity index (χ2v) is 5.31. The van der Waals surface area contributed by atoms with Crippen LogP contribution in [0.15, 0.2) is 0 Å². The Morgan fingerprint density at radius 1 is 1.41 bits per heavy atom. The predicted molar refractivity (Wildman–Crippen MR) is 69.0 cm³/mol. The van der Waals surface area contributed by atoms with Gasteiger partial charge in [0, 0.05) is 24.6 Å². The summed E-state index contributed by atoms with van der Waals surface area (Å²) in [6, 6.07) is 0.173. The maximum atomic E-state index is 11.6. The molecule has 4 heteroatoms. The lowest BCUT2D eigenvalue weighted by Gasteiger charge is -2.51. The summed E-state index contributed by atoms with van der Waals surface area (Å²) in [4.78, 5) is 11.6. The van der Waals surface area contributed by atoms with Crippen molar-refractivity contribution in [3.63, 3.8) is 0 Å². The van der Waals surface area contributed by atoms with Gasteiger partial charge in [0.2, 0.25) is 0 Å². The zero-order valence-corrected chi connectivity index (χ0v) is 11.5. The lowest BCUT2D eigenvalue weighted by atomic mass is 9.64. The van der Waals surface area contributed by atoms with Crippen molar-refractivity contribution in [1.82, 2.24) is 10.6 Å². The Morgan fingerprint density at radius 3 is 2.65 bits per heavy atom. The maximum Gasteiger partial charge on any atom is 0.315 e. The molecule has 1 aliphatic rings. The van der Waals surface area contributed by atoms with E-state index in [2.05, 4.69) is 31.4 Å². The Morgan fingerprint density at radius 2 is 2.12 bits per heavy atom. The molecule has 0 aliphatic heterocycles. The maximum absolute atomic E-state index is 11.6. The molecule has 100 valence electrons. The molecule has 1 rings (SSSR count). The van der Waals surface area contributed by atoms with Crippen LogP contribution in [0.3, 0.4) is 0 Å². The van der Waals surface area contributed by atoms with Gasteiger partial charge in [0.15, 0.2) is 0 Å². The fourth-order valence-corrected chi connectivity index (χ4v) is 2.20. The second-order valence-electron chi connectivity index (χ2n) is 5.31. The minimum atomic E-state index is -0.0496. The minimum absolute atomic E-state index is 0.0398. The van der Waals surface area contributed by atoms with Gasteiger partial charge < -0.3 is 15.4 Å². The largest absolute Gasteiger partial charge is 0.378 e. The van der Waals surface area contributed by atoms with Crippen LogP contribution < -0.4 is 10.6 Å². The lowest BCUT2D eigenvalue weighted by Crippen LogP contribution is -2.63. The first kappa shape index (κ1) is 14.3. The van der Waals surface area contributed by atoms with Crippen LogP contribution in [-0.4, -0.2) is 31.3 Å². The molecule has 0 aromatic carbocycles.